The number of nitrogens with one attached hydrogen (secondary N) is 1. The average molecular weight is 364 g/mol. The Morgan fingerprint density at radius 2 is 1.63 bits per heavy atom. The number of Topliss-reactive ketones (excluding diaryl/α,β-unsaturated/α-hetero) is 1. The van der Waals surface area contributed by atoms with Crippen LogP contribution < -0.4 is 5.32 Å². The summed E-state index contributed by atoms with van der Waals surface area (Å²) in [5.74, 6) is 0.0808. The van der Waals surface area contributed by atoms with Crippen molar-refractivity contribution >= 4 is 11.7 Å². The molecule has 1 N–H and O–H groups in total. The molecule has 2 aromatic rings. The summed E-state index contributed by atoms with van der Waals surface area (Å²) in [6.07, 6.45) is 1.75. The molecule has 1 heterocycles. The number of carbonyl (C=O) groups is 2. The topological polar surface area (TPSA) is 49.4 Å². The van der Waals surface area contributed by atoms with Gasteiger partial charge in [-0.25, -0.2) is 0 Å². The van der Waals surface area contributed by atoms with Crippen LogP contribution in [-0.4, -0.2) is 41.3 Å². The van der Waals surface area contributed by atoms with E-state index in [0.717, 1.165) is 30.5 Å². The number of nitrogens with zero attached hydrogens (tertiary/aromatic N) is 1. The van der Waals surface area contributed by atoms with Crippen LogP contribution in [-0.2, 0) is 4.79 Å². The highest BCUT2D eigenvalue weighted by Gasteiger charge is 2.33. The van der Waals surface area contributed by atoms with Crippen LogP contribution in [0, 0.1) is 0 Å². The van der Waals surface area contributed by atoms with Crippen molar-refractivity contribution in [3.8, 4) is 11.1 Å². The van der Waals surface area contributed by atoms with Gasteiger partial charge in [0.1, 0.15) is 0 Å². The van der Waals surface area contributed by atoms with Crippen molar-refractivity contribution in [2.45, 2.75) is 45.2 Å². The van der Waals surface area contributed by atoms with Gasteiger partial charge in [0.2, 0.25) is 5.91 Å². The smallest absolute Gasteiger partial charge is 0.237 e. The van der Waals surface area contributed by atoms with Crippen molar-refractivity contribution in [3.05, 3.63) is 60.2 Å². The molecule has 1 saturated heterocycles. The standard InChI is InChI=1S/C23H28N2O2/c1-23(2,3)24-22(27)20-10-7-15-25(20)16-21(26)19-13-11-18(12-14-19)17-8-5-4-6-9-17/h4-6,8-9,11-14,20H,7,10,15-16H2,1-3H3,(H,24,27)/t20-/m0/s1. The van der Waals surface area contributed by atoms with E-state index < -0.39 is 0 Å². The predicted molar refractivity (Wildman–Crippen MR) is 109 cm³/mol. The maximum atomic E-state index is 12.7. The molecule has 1 atom stereocenters. The molecule has 1 fully saturated rings. The number of carbonyl (C=O) groups excluding carboxylic acids is 2. The number of amides is 1. The van der Waals surface area contributed by atoms with Gasteiger partial charge in [-0.1, -0.05) is 54.6 Å². The molecule has 4 heteroatoms. The van der Waals surface area contributed by atoms with Gasteiger partial charge in [0.25, 0.3) is 0 Å². The van der Waals surface area contributed by atoms with Gasteiger partial charge in [-0.15, -0.1) is 0 Å². The third-order valence-corrected chi connectivity index (χ3v) is 4.83. The van der Waals surface area contributed by atoms with E-state index in [1.54, 1.807) is 0 Å². The van der Waals surface area contributed by atoms with E-state index in [2.05, 4.69) is 17.4 Å². The van der Waals surface area contributed by atoms with Gasteiger partial charge >= 0.3 is 0 Å². The molecule has 1 amide bonds. The Morgan fingerprint density at radius 3 is 2.26 bits per heavy atom. The Kier molecular flexibility index (Phi) is 5.76. The second kappa shape index (κ2) is 8.05. The summed E-state index contributed by atoms with van der Waals surface area (Å²) in [6.45, 7) is 7.00. The maximum Gasteiger partial charge on any atom is 0.237 e. The molecule has 0 aromatic heterocycles. The lowest BCUT2D eigenvalue weighted by Gasteiger charge is -2.27. The number of hydrogen-bond acceptors (Lipinski definition) is 3. The van der Waals surface area contributed by atoms with Crippen molar-refractivity contribution in [3.63, 3.8) is 0 Å². The van der Waals surface area contributed by atoms with Crippen molar-refractivity contribution in [2.75, 3.05) is 13.1 Å². The third-order valence-electron chi connectivity index (χ3n) is 4.83. The zero-order valence-corrected chi connectivity index (χ0v) is 16.4. The van der Waals surface area contributed by atoms with Crippen LogP contribution in [0.1, 0.15) is 44.0 Å². The molecule has 0 unspecified atom stereocenters. The quantitative estimate of drug-likeness (QED) is 0.818. The normalized spacial score (nSPS) is 17.7. The van der Waals surface area contributed by atoms with Crippen molar-refractivity contribution in [1.29, 1.82) is 0 Å². The average Bonchev–Trinajstić information content (AvgIpc) is 3.09. The first-order valence-electron chi connectivity index (χ1n) is 9.58. The third kappa shape index (κ3) is 5.04. The predicted octanol–water partition coefficient (Wildman–Crippen LogP) is 3.92. The number of hydrogen-bond donors (Lipinski definition) is 1. The number of likely N-dealkylation sites (tertiary alicyclic amines) is 1. The van der Waals surface area contributed by atoms with E-state index in [4.69, 9.17) is 0 Å². The molecular formula is C23H28N2O2. The SMILES string of the molecule is CC(C)(C)NC(=O)[C@@H]1CCCN1CC(=O)c1ccc(-c2ccccc2)cc1. The van der Waals surface area contributed by atoms with Crippen molar-refractivity contribution in [1.82, 2.24) is 10.2 Å². The van der Waals surface area contributed by atoms with Crippen LogP contribution in [0.3, 0.4) is 0 Å². The fraction of sp³-hybridized carbons (Fsp3) is 0.391. The molecule has 0 saturated carbocycles. The first kappa shape index (κ1) is 19.3. The largest absolute Gasteiger partial charge is 0.350 e. The Balaban J connectivity index is 1.65. The van der Waals surface area contributed by atoms with E-state index in [-0.39, 0.29) is 29.8 Å². The van der Waals surface area contributed by atoms with Crippen LogP contribution in [0.5, 0.6) is 0 Å². The second-order valence-electron chi connectivity index (χ2n) is 8.23. The molecule has 4 nitrogen and oxygen atoms in total. The van der Waals surface area contributed by atoms with Crippen molar-refractivity contribution in [2.24, 2.45) is 0 Å². The van der Waals surface area contributed by atoms with Gasteiger partial charge in [0.15, 0.2) is 5.78 Å². The van der Waals surface area contributed by atoms with E-state index in [1.165, 1.54) is 0 Å². The Morgan fingerprint density at radius 1 is 1.00 bits per heavy atom. The lowest BCUT2D eigenvalue weighted by Crippen LogP contribution is -2.50. The summed E-state index contributed by atoms with van der Waals surface area (Å²) in [5, 5.41) is 3.04. The van der Waals surface area contributed by atoms with Crippen LogP contribution in [0.25, 0.3) is 11.1 Å². The lowest BCUT2D eigenvalue weighted by atomic mass is 10.0. The summed E-state index contributed by atoms with van der Waals surface area (Å²) in [7, 11) is 0. The molecule has 2 aromatic carbocycles. The highest BCUT2D eigenvalue weighted by molar-refractivity contribution is 5.98. The fourth-order valence-corrected chi connectivity index (χ4v) is 3.52. The van der Waals surface area contributed by atoms with E-state index >= 15 is 0 Å². The molecule has 1 aliphatic rings. The van der Waals surface area contributed by atoms with Crippen LogP contribution in [0.15, 0.2) is 54.6 Å². The minimum atomic E-state index is -0.261. The summed E-state index contributed by atoms with van der Waals surface area (Å²) in [6, 6.07) is 17.6. The molecule has 0 spiro atoms. The lowest BCUT2D eigenvalue weighted by molar-refractivity contribution is -0.126. The summed E-state index contributed by atoms with van der Waals surface area (Å²) in [4.78, 5) is 27.3. The van der Waals surface area contributed by atoms with Crippen LogP contribution >= 0.6 is 0 Å². The van der Waals surface area contributed by atoms with E-state index in [9.17, 15) is 9.59 Å². The highest BCUT2D eigenvalue weighted by Crippen LogP contribution is 2.21. The van der Waals surface area contributed by atoms with Crippen LogP contribution in [0.4, 0.5) is 0 Å². The van der Waals surface area contributed by atoms with Gasteiger partial charge in [0.05, 0.1) is 12.6 Å². The first-order valence-corrected chi connectivity index (χ1v) is 9.58. The summed E-state index contributed by atoms with van der Waals surface area (Å²) in [5.41, 5.74) is 2.66. The Bertz CT molecular complexity index is 791. The van der Waals surface area contributed by atoms with E-state index in [0.29, 0.717) is 5.56 Å². The zero-order chi connectivity index (χ0) is 19.4. The molecule has 27 heavy (non-hydrogen) atoms. The maximum absolute atomic E-state index is 12.7. The molecule has 1 aliphatic heterocycles. The second-order valence-corrected chi connectivity index (χ2v) is 8.23. The number of benzene rings is 2. The van der Waals surface area contributed by atoms with E-state index in [1.807, 2.05) is 68.1 Å². The van der Waals surface area contributed by atoms with Gasteiger partial charge in [-0.05, 0) is 51.3 Å². The zero-order valence-electron chi connectivity index (χ0n) is 16.4. The molecular weight excluding hydrogens is 336 g/mol. The van der Waals surface area contributed by atoms with Crippen LogP contribution in [0.2, 0.25) is 0 Å². The van der Waals surface area contributed by atoms with Gasteiger partial charge in [0, 0.05) is 11.1 Å². The summed E-state index contributed by atoms with van der Waals surface area (Å²) < 4.78 is 0. The Hall–Kier alpha value is -2.46. The Labute approximate surface area is 161 Å². The first-order chi connectivity index (χ1) is 12.8. The minimum absolute atomic E-state index is 0.0206. The fourth-order valence-electron chi connectivity index (χ4n) is 3.52. The van der Waals surface area contributed by atoms with Gasteiger partial charge in [-0.3, -0.25) is 14.5 Å². The highest BCUT2D eigenvalue weighted by atomic mass is 16.2. The molecule has 142 valence electrons. The molecule has 3 rings (SSSR count). The minimum Gasteiger partial charge on any atom is -0.350 e. The van der Waals surface area contributed by atoms with Crippen molar-refractivity contribution < 1.29 is 9.59 Å². The van der Waals surface area contributed by atoms with Gasteiger partial charge < -0.3 is 5.32 Å². The number of rotatable bonds is 5. The van der Waals surface area contributed by atoms with Gasteiger partial charge in [-0.2, -0.15) is 0 Å². The molecule has 0 aliphatic carbocycles. The molecule has 0 radical (unpaired) electrons. The monoisotopic (exact) mass is 364 g/mol. The molecule has 0 bridgehead atoms. The summed E-state index contributed by atoms with van der Waals surface area (Å²) >= 11 is 0. The number of ketones is 1.